The minimum atomic E-state index is 0.398. The quantitative estimate of drug-likeness (QED) is 0.791. The summed E-state index contributed by atoms with van der Waals surface area (Å²) in [6.45, 7) is 3.50. The Hall–Kier alpha value is -1.36. The highest BCUT2D eigenvalue weighted by Gasteiger charge is 2.18. The Kier molecular flexibility index (Phi) is 2.73. The third-order valence-electron chi connectivity index (χ3n) is 2.23. The fourth-order valence-corrected chi connectivity index (χ4v) is 1.35. The number of ether oxygens (including phenoxy) is 1. The summed E-state index contributed by atoms with van der Waals surface area (Å²) < 4.78 is 5.10. The van der Waals surface area contributed by atoms with Crippen molar-refractivity contribution in [1.29, 1.82) is 0 Å². The third-order valence-corrected chi connectivity index (χ3v) is 2.23. The minimum absolute atomic E-state index is 0.398. The molecule has 0 bridgehead atoms. The Bertz CT molecular complexity index is 349. The summed E-state index contributed by atoms with van der Waals surface area (Å²) in [4.78, 5) is 10.6. The van der Waals surface area contributed by atoms with Crippen LogP contribution in [0.3, 0.4) is 0 Å². The van der Waals surface area contributed by atoms with Crippen molar-refractivity contribution in [2.75, 3.05) is 37.5 Å². The van der Waals surface area contributed by atoms with Crippen LogP contribution in [0.5, 0.6) is 0 Å². The lowest BCUT2D eigenvalue weighted by Crippen LogP contribution is -2.40. The Morgan fingerprint density at radius 1 is 1.40 bits per heavy atom. The van der Waals surface area contributed by atoms with Gasteiger partial charge in [-0.3, -0.25) is 0 Å². The molecule has 0 atom stereocenters. The van der Waals surface area contributed by atoms with E-state index in [4.69, 9.17) is 4.74 Å². The van der Waals surface area contributed by atoms with E-state index >= 15 is 0 Å². The van der Waals surface area contributed by atoms with Gasteiger partial charge >= 0.3 is 0 Å². The molecule has 5 heteroatoms. The number of hydrogen-bond acceptors (Lipinski definition) is 5. The van der Waals surface area contributed by atoms with Crippen molar-refractivity contribution >= 4 is 11.8 Å². The monoisotopic (exact) mass is 208 g/mol. The molecule has 0 radical (unpaired) electrons. The van der Waals surface area contributed by atoms with Crippen molar-refractivity contribution in [3.63, 3.8) is 0 Å². The zero-order valence-corrected chi connectivity index (χ0v) is 9.32. The fraction of sp³-hybridized carbons (Fsp3) is 0.600. The van der Waals surface area contributed by atoms with Crippen LogP contribution >= 0.6 is 0 Å². The van der Waals surface area contributed by atoms with E-state index in [9.17, 15) is 0 Å². The SMILES string of the molecule is Cc1cc(NC2COC2)nc(N(C)C)n1. The predicted molar refractivity (Wildman–Crippen MR) is 59.3 cm³/mol. The Balaban J connectivity index is 2.15. The van der Waals surface area contributed by atoms with Crippen molar-refractivity contribution in [3.05, 3.63) is 11.8 Å². The molecule has 5 nitrogen and oxygen atoms in total. The highest BCUT2D eigenvalue weighted by Crippen LogP contribution is 2.14. The maximum absolute atomic E-state index is 5.10. The standard InChI is InChI=1S/C10H16N4O/c1-7-4-9(12-8-5-15-6-8)13-10(11-7)14(2)3/h4,8H,5-6H2,1-3H3,(H,11,12,13). The second-order valence-corrected chi connectivity index (χ2v) is 3.97. The van der Waals surface area contributed by atoms with Crippen molar-refractivity contribution < 1.29 is 4.74 Å². The Morgan fingerprint density at radius 2 is 2.13 bits per heavy atom. The lowest BCUT2D eigenvalue weighted by Gasteiger charge is -2.27. The number of anilines is 2. The lowest BCUT2D eigenvalue weighted by molar-refractivity contribution is 0.0209. The number of hydrogen-bond donors (Lipinski definition) is 1. The largest absolute Gasteiger partial charge is 0.377 e. The number of aromatic nitrogens is 2. The fourth-order valence-electron chi connectivity index (χ4n) is 1.35. The van der Waals surface area contributed by atoms with E-state index in [2.05, 4.69) is 15.3 Å². The van der Waals surface area contributed by atoms with Gasteiger partial charge in [-0.25, -0.2) is 4.98 Å². The molecule has 0 spiro atoms. The van der Waals surface area contributed by atoms with Gasteiger partial charge in [0.05, 0.1) is 19.3 Å². The smallest absolute Gasteiger partial charge is 0.226 e. The first kappa shape index (κ1) is 10.2. The van der Waals surface area contributed by atoms with Crippen molar-refractivity contribution in [1.82, 2.24) is 9.97 Å². The molecule has 1 aliphatic rings. The van der Waals surface area contributed by atoms with Gasteiger partial charge in [-0.2, -0.15) is 4.98 Å². The molecule has 15 heavy (non-hydrogen) atoms. The number of nitrogens with one attached hydrogen (secondary N) is 1. The van der Waals surface area contributed by atoms with E-state index in [1.807, 2.05) is 32.0 Å². The van der Waals surface area contributed by atoms with E-state index < -0.39 is 0 Å². The van der Waals surface area contributed by atoms with Gasteiger partial charge in [-0.1, -0.05) is 0 Å². The molecule has 0 aromatic carbocycles. The maximum Gasteiger partial charge on any atom is 0.226 e. The van der Waals surface area contributed by atoms with E-state index in [0.29, 0.717) is 6.04 Å². The molecule has 0 unspecified atom stereocenters. The zero-order valence-electron chi connectivity index (χ0n) is 9.32. The second kappa shape index (κ2) is 4.02. The predicted octanol–water partition coefficient (Wildman–Crippen LogP) is 0.662. The molecule has 1 aromatic heterocycles. The van der Waals surface area contributed by atoms with Crippen LogP contribution in [0.4, 0.5) is 11.8 Å². The van der Waals surface area contributed by atoms with Crippen LogP contribution in [0, 0.1) is 6.92 Å². The molecule has 1 saturated heterocycles. The van der Waals surface area contributed by atoms with Crippen LogP contribution in [0.25, 0.3) is 0 Å². The average Bonchev–Trinajstić information content (AvgIpc) is 2.10. The number of rotatable bonds is 3. The molecule has 1 aromatic rings. The molecule has 1 aliphatic heterocycles. The zero-order chi connectivity index (χ0) is 10.8. The van der Waals surface area contributed by atoms with Crippen LogP contribution in [0.15, 0.2) is 6.07 Å². The molecule has 82 valence electrons. The second-order valence-electron chi connectivity index (χ2n) is 3.97. The Labute approximate surface area is 89.5 Å². The molecule has 1 N–H and O–H groups in total. The summed E-state index contributed by atoms with van der Waals surface area (Å²) in [5.74, 6) is 1.61. The van der Waals surface area contributed by atoms with E-state index in [-0.39, 0.29) is 0 Å². The lowest BCUT2D eigenvalue weighted by atomic mass is 10.2. The molecule has 0 amide bonds. The normalized spacial score (nSPS) is 15.9. The van der Waals surface area contributed by atoms with Gasteiger partial charge in [0.2, 0.25) is 5.95 Å². The minimum Gasteiger partial charge on any atom is -0.377 e. The molecular formula is C10H16N4O. The summed E-state index contributed by atoms with van der Waals surface area (Å²) in [5, 5.41) is 3.31. The van der Waals surface area contributed by atoms with Gasteiger partial charge in [-0.05, 0) is 6.92 Å². The van der Waals surface area contributed by atoms with Gasteiger partial charge in [0.1, 0.15) is 5.82 Å². The van der Waals surface area contributed by atoms with Crippen molar-refractivity contribution in [3.8, 4) is 0 Å². The van der Waals surface area contributed by atoms with Gasteiger partial charge in [-0.15, -0.1) is 0 Å². The van der Waals surface area contributed by atoms with E-state index in [1.165, 1.54) is 0 Å². The highest BCUT2D eigenvalue weighted by molar-refractivity contribution is 5.43. The Morgan fingerprint density at radius 3 is 2.67 bits per heavy atom. The molecule has 0 aliphatic carbocycles. The van der Waals surface area contributed by atoms with Crippen LogP contribution in [-0.2, 0) is 4.74 Å². The maximum atomic E-state index is 5.10. The van der Waals surface area contributed by atoms with Crippen LogP contribution < -0.4 is 10.2 Å². The van der Waals surface area contributed by atoms with Gasteiger partial charge in [0.15, 0.2) is 0 Å². The van der Waals surface area contributed by atoms with Gasteiger partial charge in [0.25, 0.3) is 0 Å². The van der Waals surface area contributed by atoms with E-state index in [1.54, 1.807) is 0 Å². The molecule has 1 fully saturated rings. The third kappa shape index (κ3) is 2.36. The highest BCUT2D eigenvalue weighted by atomic mass is 16.5. The first-order valence-electron chi connectivity index (χ1n) is 5.02. The number of nitrogens with zero attached hydrogens (tertiary/aromatic N) is 3. The van der Waals surface area contributed by atoms with Crippen molar-refractivity contribution in [2.45, 2.75) is 13.0 Å². The molecule has 0 saturated carbocycles. The molecule has 2 heterocycles. The summed E-state index contributed by atoms with van der Waals surface area (Å²) >= 11 is 0. The first-order valence-corrected chi connectivity index (χ1v) is 5.02. The van der Waals surface area contributed by atoms with Gasteiger partial charge in [0, 0.05) is 25.9 Å². The summed E-state index contributed by atoms with van der Waals surface area (Å²) in [6, 6.07) is 2.35. The average molecular weight is 208 g/mol. The van der Waals surface area contributed by atoms with Crippen LogP contribution in [-0.4, -0.2) is 43.3 Å². The number of aryl methyl sites for hydroxylation is 1. The first-order chi connectivity index (χ1) is 7.15. The molecule has 2 rings (SSSR count). The van der Waals surface area contributed by atoms with Crippen LogP contribution in [0.1, 0.15) is 5.69 Å². The van der Waals surface area contributed by atoms with Crippen LogP contribution in [0.2, 0.25) is 0 Å². The van der Waals surface area contributed by atoms with E-state index in [0.717, 1.165) is 30.7 Å². The summed E-state index contributed by atoms with van der Waals surface area (Å²) in [5.41, 5.74) is 0.969. The summed E-state index contributed by atoms with van der Waals surface area (Å²) in [7, 11) is 3.87. The summed E-state index contributed by atoms with van der Waals surface area (Å²) in [6.07, 6.45) is 0. The van der Waals surface area contributed by atoms with Gasteiger partial charge < -0.3 is 15.0 Å². The van der Waals surface area contributed by atoms with Crippen molar-refractivity contribution in [2.24, 2.45) is 0 Å². The topological polar surface area (TPSA) is 50.3 Å². The molecular weight excluding hydrogens is 192 g/mol.